The van der Waals surface area contributed by atoms with Crippen molar-refractivity contribution in [1.82, 2.24) is 0 Å². The summed E-state index contributed by atoms with van der Waals surface area (Å²) >= 11 is 0. The van der Waals surface area contributed by atoms with Crippen LogP contribution in [0, 0.1) is 0 Å². The van der Waals surface area contributed by atoms with E-state index < -0.39 is 0 Å². The summed E-state index contributed by atoms with van der Waals surface area (Å²) in [5.74, 6) is 3.36. The van der Waals surface area contributed by atoms with E-state index in [0.717, 1.165) is 11.1 Å². The van der Waals surface area contributed by atoms with Crippen LogP contribution >= 0.6 is 0 Å². The van der Waals surface area contributed by atoms with Gasteiger partial charge in [0, 0.05) is 34.8 Å². The number of aliphatic hydroxyl groups excluding tert-OH is 1. The molecule has 1 aliphatic rings. The molecule has 0 saturated carbocycles. The first kappa shape index (κ1) is 12.2. The van der Waals surface area contributed by atoms with E-state index in [1.165, 1.54) is 0 Å². The lowest BCUT2D eigenvalue weighted by molar-refractivity contribution is 0.307. The van der Waals surface area contributed by atoms with Crippen LogP contribution < -0.4 is 11.5 Å². The van der Waals surface area contributed by atoms with Gasteiger partial charge < -0.3 is 21.3 Å². The van der Waals surface area contributed by atoms with Gasteiger partial charge in [-0.3, -0.25) is 0 Å². The molecule has 0 spiro atoms. The Bertz CT molecular complexity index is 543. The highest BCUT2D eigenvalue weighted by molar-refractivity contribution is 5.81. The van der Waals surface area contributed by atoms with Crippen molar-refractivity contribution in [3.63, 3.8) is 0 Å². The SMILES string of the molecule is Nc1ccc(N)c(C2=COC(=C=NCCO)C2)c1. The molecule has 1 aliphatic heterocycles. The lowest BCUT2D eigenvalue weighted by atomic mass is 10.0. The van der Waals surface area contributed by atoms with Crippen LogP contribution in [-0.4, -0.2) is 24.1 Å². The van der Waals surface area contributed by atoms with E-state index in [4.69, 9.17) is 21.3 Å². The molecule has 0 unspecified atom stereocenters. The number of anilines is 2. The van der Waals surface area contributed by atoms with Crippen molar-refractivity contribution in [1.29, 1.82) is 0 Å². The first-order valence-corrected chi connectivity index (χ1v) is 5.61. The third-order valence-electron chi connectivity index (χ3n) is 2.53. The van der Waals surface area contributed by atoms with Crippen molar-refractivity contribution >= 4 is 22.8 Å². The molecule has 5 heteroatoms. The van der Waals surface area contributed by atoms with E-state index in [1.807, 2.05) is 6.07 Å². The Morgan fingerprint density at radius 2 is 2.22 bits per heavy atom. The Labute approximate surface area is 105 Å². The standard InChI is InChI=1S/C13H15N3O2/c14-10-1-2-13(15)12(6-10)9-5-11(18-8-9)7-16-3-4-17/h1-2,6,8,17H,3-5,14-15H2. The quantitative estimate of drug-likeness (QED) is 0.550. The van der Waals surface area contributed by atoms with Crippen LogP contribution in [0.25, 0.3) is 5.57 Å². The van der Waals surface area contributed by atoms with E-state index in [9.17, 15) is 0 Å². The normalized spacial score (nSPS) is 13.8. The molecule has 0 aliphatic carbocycles. The van der Waals surface area contributed by atoms with E-state index in [1.54, 1.807) is 18.4 Å². The highest BCUT2D eigenvalue weighted by Gasteiger charge is 2.16. The zero-order valence-electron chi connectivity index (χ0n) is 9.89. The van der Waals surface area contributed by atoms with Crippen molar-refractivity contribution in [3.05, 3.63) is 35.8 Å². The third-order valence-corrected chi connectivity index (χ3v) is 2.53. The Kier molecular flexibility index (Phi) is 3.67. The molecule has 18 heavy (non-hydrogen) atoms. The number of rotatable bonds is 3. The maximum atomic E-state index is 8.61. The van der Waals surface area contributed by atoms with Gasteiger partial charge in [-0.2, -0.15) is 0 Å². The van der Waals surface area contributed by atoms with Gasteiger partial charge in [-0.15, -0.1) is 0 Å². The summed E-state index contributed by atoms with van der Waals surface area (Å²) < 4.78 is 5.33. The average Bonchev–Trinajstić information content (AvgIpc) is 2.81. The number of hydrogen-bond donors (Lipinski definition) is 3. The zero-order valence-corrected chi connectivity index (χ0v) is 9.89. The van der Waals surface area contributed by atoms with Crippen molar-refractivity contribution in [2.24, 2.45) is 4.99 Å². The summed E-state index contributed by atoms with van der Waals surface area (Å²) in [6.45, 7) is 0.325. The first-order chi connectivity index (χ1) is 8.70. The Morgan fingerprint density at radius 1 is 1.39 bits per heavy atom. The van der Waals surface area contributed by atoms with Crippen molar-refractivity contribution in [2.75, 3.05) is 24.6 Å². The lowest BCUT2D eigenvalue weighted by Gasteiger charge is -2.05. The molecule has 1 aromatic rings. The van der Waals surface area contributed by atoms with Crippen molar-refractivity contribution in [2.45, 2.75) is 6.42 Å². The van der Waals surface area contributed by atoms with Gasteiger partial charge in [0.1, 0.15) is 0 Å². The molecule has 5 N–H and O–H groups in total. The largest absolute Gasteiger partial charge is 0.459 e. The number of ether oxygens (including phenoxy) is 1. The minimum absolute atomic E-state index is 0.00271. The summed E-state index contributed by atoms with van der Waals surface area (Å²) in [4.78, 5) is 3.89. The van der Waals surface area contributed by atoms with Gasteiger partial charge >= 0.3 is 0 Å². The van der Waals surface area contributed by atoms with Crippen LogP contribution in [0.3, 0.4) is 0 Å². The fourth-order valence-corrected chi connectivity index (χ4v) is 1.67. The molecule has 0 atom stereocenters. The van der Waals surface area contributed by atoms with Gasteiger partial charge in [0.05, 0.1) is 19.4 Å². The van der Waals surface area contributed by atoms with E-state index >= 15 is 0 Å². The predicted molar refractivity (Wildman–Crippen MR) is 71.8 cm³/mol. The maximum absolute atomic E-state index is 8.61. The minimum Gasteiger partial charge on any atom is -0.459 e. The second-order valence-corrected chi connectivity index (χ2v) is 3.92. The van der Waals surface area contributed by atoms with Crippen LogP contribution in [0.15, 0.2) is 35.2 Å². The molecular weight excluding hydrogens is 230 g/mol. The second kappa shape index (κ2) is 5.40. The molecule has 2 rings (SSSR count). The topological polar surface area (TPSA) is 93.9 Å². The summed E-state index contributed by atoms with van der Waals surface area (Å²) in [5.41, 5.74) is 14.8. The molecule has 0 bridgehead atoms. The smallest absolute Gasteiger partial charge is 0.168 e. The molecule has 1 aromatic carbocycles. The summed E-state index contributed by atoms with van der Waals surface area (Å²) in [6.07, 6.45) is 2.20. The van der Waals surface area contributed by atoms with Gasteiger partial charge in [0.25, 0.3) is 0 Å². The molecule has 94 valence electrons. The van der Waals surface area contributed by atoms with Crippen molar-refractivity contribution in [3.8, 4) is 0 Å². The third kappa shape index (κ3) is 2.71. The number of hydrogen-bond acceptors (Lipinski definition) is 5. The zero-order chi connectivity index (χ0) is 13.0. The summed E-state index contributed by atoms with van der Waals surface area (Å²) in [5, 5.41) is 8.61. The van der Waals surface area contributed by atoms with Gasteiger partial charge in [-0.1, -0.05) is 0 Å². The Morgan fingerprint density at radius 3 is 3.00 bits per heavy atom. The van der Waals surface area contributed by atoms with Gasteiger partial charge in [-0.05, 0) is 18.2 Å². The number of benzene rings is 1. The monoisotopic (exact) mass is 245 g/mol. The number of allylic oxidation sites excluding steroid dienone is 1. The van der Waals surface area contributed by atoms with E-state index in [0.29, 0.717) is 30.1 Å². The molecule has 0 fully saturated rings. The number of nitrogens with zero attached hydrogens (tertiary/aromatic N) is 1. The molecule has 0 radical (unpaired) electrons. The molecule has 1 heterocycles. The predicted octanol–water partition coefficient (Wildman–Crippen LogP) is 1.16. The Hall–Kier alpha value is -2.23. The van der Waals surface area contributed by atoms with Crippen LogP contribution in [0.5, 0.6) is 0 Å². The molecule has 0 saturated heterocycles. The second-order valence-electron chi connectivity index (χ2n) is 3.92. The van der Waals surface area contributed by atoms with Crippen LogP contribution in [-0.2, 0) is 4.74 Å². The van der Waals surface area contributed by atoms with Crippen LogP contribution in [0.1, 0.15) is 12.0 Å². The minimum atomic E-state index is 0.00271. The fourth-order valence-electron chi connectivity index (χ4n) is 1.67. The summed E-state index contributed by atoms with van der Waals surface area (Å²) in [6, 6.07) is 5.35. The first-order valence-electron chi connectivity index (χ1n) is 5.61. The number of nitrogen functional groups attached to an aromatic ring is 2. The highest BCUT2D eigenvalue weighted by Crippen LogP contribution is 2.32. The fraction of sp³-hybridized carbons (Fsp3) is 0.231. The molecule has 0 amide bonds. The van der Waals surface area contributed by atoms with Crippen LogP contribution in [0.2, 0.25) is 0 Å². The number of nitrogens with two attached hydrogens (primary N) is 2. The van der Waals surface area contributed by atoms with Gasteiger partial charge in [-0.25, -0.2) is 4.99 Å². The number of aliphatic imine (C=N–C) groups is 1. The van der Waals surface area contributed by atoms with E-state index in [2.05, 4.69) is 10.9 Å². The highest BCUT2D eigenvalue weighted by atomic mass is 16.5. The van der Waals surface area contributed by atoms with Crippen LogP contribution in [0.4, 0.5) is 11.4 Å². The molecule has 5 nitrogen and oxygen atoms in total. The number of aliphatic hydroxyl groups is 1. The van der Waals surface area contributed by atoms with E-state index in [-0.39, 0.29) is 6.61 Å². The Balaban J connectivity index is 2.18. The van der Waals surface area contributed by atoms with Gasteiger partial charge in [0.2, 0.25) is 0 Å². The average molecular weight is 245 g/mol. The molecule has 0 aromatic heterocycles. The lowest BCUT2D eigenvalue weighted by Crippen LogP contribution is -1.95. The maximum Gasteiger partial charge on any atom is 0.168 e. The summed E-state index contributed by atoms with van der Waals surface area (Å²) in [7, 11) is 0. The van der Waals surface area contributed by atoms with Gasteiger partial charge in [0.15, 0.2) is 5.76 Å². The van der Waals surface area contributed by atoms with Crippen molar-refractivity contribution < 1.29 is 9.84 Å². The molecular formula is C13H15N3O2.